The fraction of sp³-hybridized carbons (Fsp3) is 0.190. The molecule has 5 nitrogen and oxygen atoms in total. The maximum absolute atomic E-state index is 13.6. The number of hydrogen-bond acceptors (Lipinski definition) is 4. The molecule has 1 unspecified atom stereocenters. The number of aromatic nitrogens is 2. The lowest BCUT2D eigenvalue weighted by atomic mass is 10.1. The van der Waals surface area contributed by atoms with Crippen LogP contribution in [-0.4, -0.2) is 22.4 Å². The first kappa shape index (κ1) is 18.5. The Morgan fingerprint density at radius 2 is 1.81 bits per heavy atom. The number of nitrogens with one attached hydrogen (secondary N) is 2. The van der Waals surface area contributed by atoms with Gasteiger partial charge in [-0.15, -0.1) is 0 Å². The molecule has 3 aromatic rings. The van der Waals surface area contributed by atoms with Crippen LogP contribution in [-0.2, 0) is 6.42 Å². The standard InChI is InChI=1S/C21H21FN4O/c1-15(16-7-3-2-4-8-16)26-20-13-19(24-14-25-20)21(27)23-12-11-17-9-5-6-10-18(17)22/h2-10,13-15H,11-12H2,1H3,(H,23,27)(H,24,25,26). The smallest absolute Gasteiger partial charge is 0.270 e. The van der Waals surface area contributed by atoms with Crippen molar-refractivity contribution in [2.75, 3.05) is 11.9 Å². The van der Waals surface area contributed by atoms with E-state index in [2.05, 4.69) is 20.6 Å². The number of hydrogen-bond donors (Lipinski definition) is 2. The molecule has 6 heteroatoms. The number of anilines is 1. The molecule has 0 saturated carbocycles. The van der Waals surface area contributed by atoms with Gasteiger partial charge in [0.25, 0.3) is 5.91 Å². The summed E-state index contributed by atoms with van der Waals surface area (Å²) in [5.74, 6) is -0.0140. The highest BCUT2D eigenvalue weighted by molar-refractivity contribution is 5.92. The highest BCUT2D eigenvalue weighted by Gasteiger charge is 2.11. The van der Waals surface area contributed by atoms with E-state index in [-0.39, 0.29) is 23.5 Å². The third-order valence-electron chi connectivity index (χ3n) is 4.20. The minimum Gasteiger partial charge on any atom is -0.363 e. The molecule has 27 heavy (non-hydrogen) atoms. The van der Waals surface area contributed by atoms with Gasteiger partial charge in [-0.25, -0.2) is 14.4 Å². The Hall–Kier alpha value is -3.28. The minimum atomic E-state index is -0.316. The number of carbonyl (C=O) groups is 1. The number of amides is 1. The van der Waals surface area contributed by atoms with Gasteiger partial charge in [0.2, 0.25) is 0 Å². The molecule has 2 N–H and O–H groups in total. The van der Waals surface area contributed by atoms with Crippen molar-refractivity contribution in [3.05, 3.63) is 89.6 Å². The van der Waals surface area contributed by atoms with Gasteiger partial charge < -0.3 is 10.6 Å². The van der Waals surface area contributed by atoms with Crippen LogP contribution in [0.15, 0.2) is 67.0 Å². The Bertz CT molecular complexity index is 901. The van der Waals surface area contributed by atoms with Gasteiger partial charge in [0.15, 0.2) is 0 Å². The Labute approximate surface area is 157 Å². The van der Waals surface area contributed by atoms with Crippen molar-refractivity contribution in [1.82, 2.24) is 15.3 Å². The van der Waals surface area contributed by atoms with Crippen LogP contribution < -0.4 is 10.6 Å². The topological polar surface area (TPSA) is 66.9 Å². The molecular weight excluding hydrogens is 343 g/mol. The maximum Gasteiger partial charge on any atom is 0.270 e. The molecule has 0 radical (unpaired) electrons. The van der Waals surface area contributed by atoms with Gasteiger partial charge in [-0.1, -0.05) is 48.5 Å². The van der Waals surface area contributed by atoms with E-state index in [1.165, 1.54) is 12.4 Å². The van der Waals surface area contributed by atoms with E-state index in [0.29, 0.717) is 24.3 Å². The van der Waals surface area contributed by atoms with Gasteiger partial charge in [0.1, 0.15) is 23.7 Å². The van der Waals surface area contributed by atoms with Crippen molar-refractivity contribution < 1.29 is 9.18 Å². The van der Waals surface area contributed by atoms with E-state index >= 15 is 0 Å². The predicted octanol–water partition coefficient (Wildman–Crippen LogP) is 3.76. The first-order valence-corrected chi connectivity index (χ1v) is 8.78. The van der Waals surface area contributed by atoms with Crippen LogP contribution in [0.3, 0.4) is 0 Å². The second-order valence-electron chi connectivity index (χ2n) is 6.16. The van der Waals surface area contributed by atoms with Crippen molar-refractivity contribution in [3.8, 4) is 0 Å². The maximum atomic E-state index is 13.6. The lowest BCUT2D eigenvalue weighted by molar-refractivity contribution is 0.0949. The zero-order valence-corrected chi connectivity index (χ0v) is 15.0. The van der Waals surface area contributed by atoms with E-state index in [1.54, 1.807) is 24.3 Å². The molecule has 0 spiro atoms. The molecule has 0 fully saturated rings. The summed E-state index contributed by atoms with van der Waals surface area (Å²) in [5, 5.41) is 6.03. The average Bonchev–Trinajstić information content (AvgIpc) is 2.70. The second kappa shape index (κ2) is 8.89. The van der Waals surface area contributed by atoms with Crippen molar-refractivity contribution in [3.63, 3.8) is 0 Å². The first-order chi connectivity index (χ1) is 13.1. The van der Waals surface area contributed by atoms with Crippen molar-refractivity contribution in [2.24, 2.45) is 0 Å². The van der Waals surface area contributed by atoms with E-state index in [1.807, 2.05) is 37.3 Å². The van der Waals surface area contributed by atoms with Gasteiger partial charge >= 0.3 is 0 Å². The SMILES string of the molecule is CC(Nc1cc(C(=O)NCCc2ccccc2F)ncn1)c1ccccc1. The molecule has 0 bridgehead atoms. The third-order valence-corrected chi connectivity index (χ3v) is 4.20. The molecule has 0 aliphatic carbocycles. The van der Waals surface area contributed by atoms with E-state index in [9.17, 15) is 9.18 Å². The molecule has 3 rings (SSSR count). The lowest BCUT2D eigenvalue weighted by Gasteiger charge is -2.15. The molecule has 0 aliphatic rings. The molecule has 1 amide bonds. The fourth-order valence-electron chi connectivity index (χ4n) is 2.71. The number of rotatable bonds is 7. The van der Waals surface area contributed by atoms with Crippen LogP contribution in [0.4, 0.5) is 10.2 Å². The highest BCUT2D eigenvalue weighted by Crippen LogP contribution is 2.17. The van der Waals surface area contributed by atoms with E-state index in [0.717, 1.165) is 5.56 Å². The normalized spacial score (nSPS) is 11.6. The van der Waals surface area contributed by atoms with E-state index < -0.39 is 0 Å². The minimum absolute atomic E-state index is 0.0399. The van der Waals surface area contributed by atoms with Crippen LogP contribution in [0, 0.1) is 5.82 Å². The average molecular weight is 364 g/mol. The summed E-state index contributed by atoms with van der Waals surface area (Å²) in [6, 6.07) is 18.1. The highest BCUT2D eigenvalue weighted by atomic mass is 19.1. The summed E-state index contributed by atoms with van der Waals surface area (Å²) >= 11 is 0. The molecule has 1 heterocycles. The van der Waals surface area contributed by atoms with Gasteiger partial charge in [-0.2, -0.15) is 0 Å². The number of nitrogens with zero attached hydrogens (tertiary/aromatic N) is 2. The molecule has 1 aromatic heterocycles. The molecular formula is C21H21FN4O. The Morgan fingerprint density at radius 1 is 1.07 bits per heavy atom. The number of halogens is 1. The van der Waals surface area contributed by atoms with Crippen LogP contribution in [0.2, 0.25) is 0 Å². The largest absolute Gasteiger partial charge is 0.363 e. The molecule has 1 atom stereocenters. The van der Waals surface area contributed by atoms with E-state index in [4.69, 9.17) is 0 Å². The summed E-state index contributed by atoms with van der Waals surface area (Å²) < 4.78 is 13.6. The fourth-order valence-corrected chi connectivity index (χ4v) is 2.71. The summed E-state index contributed by atoms with van der Waals surface area (Å²) in [6.07, 6.45) is 1.77. The van der Waals surface area contributed by atoms with Crippen LogP contribution >= 0.6 is 0 Å². The molecule has 2 aromatic carbocycles. The summed E-state index contributed by atoms with van der Waals surface area (Å²) in [7, 11) is 0. The second-order valence-corrected chi connectivity index (χ2v) is 6.16. The van der Waals surface area contributed by atoms with Crippen molar-refractivity contribution in [1.29, 1.82) is 0 Å². The summed E-state index contributed by atoms with van der Waals surface area (Å²) in [4.78, 5) is 20.5. The van der Waals surface area contributed by atoms with Crippen LogP contribution in [0.5, 0.6) is 0 Å². The Kier molecular flexibility index (Phi) is 6.10. The molecule has 0 saturated heterocycles. The van der Waals surface area contributed by atoms with Crippen molar-refractivity contribution in [2.45, 2.75) is 19.4 Å². The van der Waals surface area contributed by atoms with Crippen molar-refractivity contribution >= 4 is 11.7 Å². The lowest BCUT2D eigenvalue weighted by Crippen LogP contribution is -2.27. The predicted molar refractivity (Wildman–Crippen MR) is 103 cm³/mol. The number of carbonyl (C=O) groups excluding carboxylic acids is 1. The summed E-state index contributed by atoms with van der Waals surface area (Å²) in [6.45, 7) is 2.35. The monoisotopic (exact) mass is 364 g/mol. The van der Waals surface area contributed by atoms with Gasteiger partial charge in [-0.3, -0.25) is 4.79 Å². The molecule has 138 valence electrons. The number of benzene rings is 2. The summed E-state index contributed by atoms with van der Waals surface area (Å²) in [5.41, 5.74) is 1.95. The van der Waals surface area contributed by atoms with Crippen LogP contribution in [0.25, 0.3) is 0 Å². The quantitative estimate of drug-likeness (QED) is 0.670. The molecule has 0 aliphatic heterocycles. The zero-order valence-electron chi connectivity index (χ0n) is 15.0. The van der Waals surface area contributed by atoms with Gasteiger partial charge in [0, 0.05) is 18.7 Å². The third kappa shape index (κ3) is 5.10. The van der Waals surface area contributed by atoms with Gasteiger partial charge in [0.05, 0.1) is 0 Å². The zero-order chi connectivity index (χ0) is 19.1. The first-order valence-electron chi connectivity index (χ1n) is 8.78. The van der Waals surface area contributed by atoms with Crippen LogP contribution in [0.1, 0.15) is 34.6 Å². The van der Waals surface area contributed by atoms with Gasteiger partial charge in [-0.05, 0) is 30.5 Å². The Balaban J connectivity index is 1.58. The Morgan fingerprint density at radius 3 is 2.59 bits per heavy atom.